The smallest absolute Gasteiger partial charge is 0.341 e. The fraction of sp³-hybridized carbons (Fsp3) is 0.300. The molecule has 0 spiro atoms. The summed E-state index contributed by atoms with van der Waals surface area (Å²) >= 11 is 0. The highest BCUT2D eigenvalue weighted by Gasteiger charge is 2.12. The topological polar surface area (TPSA) is 94.1 Å². The van der Waals surface area contributed by atoms with E-state index in [9.17, 15) is 9.59 Å². The van der Waals surface area contributed by atoms with Gasteiger partial charge in [0, 0.05) is 17.3 Å². The van der Waals surface area contributed by atoms with Gasteiger partial charge in [-0.25, -0.2) is 4.79 Å². The first kappa shape index (κ1) is 20.1. The highest BCUT2D eigenvalue weighted by molar-refractivity contribution is 6.04. The molecule has 0 unspecified atom stereocenters. The minimum absolute atomic E-state index is 0.330. The number of amides is 1. The van der Waals surface area contributed by atoms with Gasteiger partial charge in [-0.15, -0.1) is 0 Å². The molecule has 0 heterocycles. The monoisotopic (exact) mass is 373 g/mol. The van der Waals surface area contributed by atoms with Gasteiger partial charge in [0.1, 0.15) is 5.75 Å². The molecule has 0 radical (unpaired) electrons. The number of benzene rings is 2. The summed E-state index contributed by atoms with van der Waals surface area (Å²) in [4.78, 5) is 23.1. The zero-order valence-electron chi connectivity index (χ0n) is 15.4. The van der Waals surface area contributed by atoms with Gasteiger partial charge in [-0.1, -0.05) is 19.4 Å². The van der Waals surface area contributed by atoms with E-state index in [-0.39, 0.29) is 5.91 Å². The predicted molar refractivity (Wildman–Crippen MR) is 101 cm³/mol. The van der Waals surface area contributed by atoms with Crippen LogP contribution in [-0.4, -0.2) is 37.3 Å². The molecule has 0 atom stereocenters. The summed E-state index contributed by atoms with van der Waals surface area (Å²) in [5, 5.41) is 11.4. The lowest BCUT2D eigenvalue weighted by Gasteiger charge is -2.12. The molecule has 7 nitrogen and oxygen atoms in total. The SMILES string of the molecule is CCCCOc1ccc(C(=O)Nc2cccc(OCC(=O)O)c2)cc1OC. The van der Waals surface area contributed by atoms with E-state index in [4.69, 9.17) is 19.3 Å². The Hall–Kier alpha value is -3.22. The molecule has 0 aromatic heterocycles. The molecule has 144 valence electrons. The summed E-state index contributed by atoms with van der Waals surface area (Å²) in [6.07, 6.45) is 1.96. The zero-order valence-corrected chi connectivity index (χ0v) is 15.4. The van der Waals surface area contributed by atoms with Crippen LogP contribution in [0.2, 0.25) is 0 Å². The van der Waals surface area contributed by atoms with E-state index in [1.807, 2.05) is 0 Å². The van der Waals surface area contributed by atoms with E-state index in [1.165, 1.54) is 7.11 Å². The third-order valence-electron chi connectivity index (χ3n) is 3.64. The molecule has 0 saturated carbocycles. The first-order chi connectivity index (χ1) is 13.0. The Morgan fingerprint density at radius 3 is 2.59 bits per heavy atom. The first-order valence-electron chi connectivity index (χ1n) is 8.60. The molecule has 0 saturated heterocycles. The van der Waals surface area contributed by atoms with Crippen LogP contribution in [0.4, 0.5) is 5.69 Å². The highest BCUT2D eigenvalue weighted by atomic mass is 16.5. The molecule has 0 fully saturated rings. The molecule has 0 aliphatic rings. The number of methoxy groups -OCH3 is 1. The fourth-order valence-corrected chi connectivity index (χ4v) is 2.27. The summed E-state index contributed by atoms with van der Waals surface area (Å²) in [5.41, 5.74) is 0.900. The number of hydrogen-bond donors (Lipinski definition) is 2. The van der Waals surface area contributed by atoms with E-state index in [2.05, 4.69) is 12.2 Å². The first-order valence-corrected chi connectivity index (χ1v) is 8.60. The number of aliphatic carboxylic acids is 1. The average molecular weight is 373 g/mol. The van der Waals surface area contributed by atoms with E-state index < -0.39 is 12.6 Å². The average Bonchev–Trinajstić information content (AvgIpc) is 2.67. The number of rotatable bonds is 10. The van der Waals surface area contributed by atoms with Crippen molar-refractivity contribution in [2.75, 3.05) is 25.6 Å². The Morgan fingerprint density at radius 1 is 1.07 bits per heavy atom. The van der Waals surface area contributed by atoms with Crippen molar-refractivity contribution >= 4 is 17.6 Å². The molecule has 27 heavy (non-hydrogen) atoms. The number of carboxylic acid groups (broad SMARTS) is 1. The third kappa shape index (κ3) is 6.22. The molecule has 2 aromatic carbocycles. The number of ether oxygens (including phenoxy) is 3. The second-order valence-electron chi connectivity index (χ2n) is 5.73. The van der Waals surface area contributed by atoms with Crippen LogP contribution in [0.5, 0.6) is 17.2 Å². The summed E-state index contributed by atoms with van der Waals surface area (Å²) in [6, 6.07) is 11.5. The summed E-state index contributed by atoms with van der Waals surface area (Å²) in [6.45, 7) is 2.21. The predicted octanol–water partition coefficient (Wildman–Crippen LogP) is 3.59. The van der Waals surface area contributed by atoms with Crippen LogP contribution >= 0.6 is 0 Å². The maximum atomic E-state index is 12.5. The van der Waals surface area contributed by atoms with Gasteiger partial charge in [-0.3, -0.25) is 4.79 Å². The molecule has 2 rings (SSSR count). The molecular formula is C20H23NO6. The summed E-state index contributed by atoms with van der Waals surface area (Å²) < 4.78 is 16.1. The van der Waals surface area contributed by atoms with Gasteiger partial charge < -0.3 is 24.6 Å². The number of carbonyl (C=O) groups excluding carboxylic acids is 1. The number of carboxylic acids is 1. The van der Waals surface area contributed by atoms with Gasteiger partial charge >= 0.3 is 5.97 Å². The summed E-state index contributed by atoms with van der Waals surface area (Å²) in [5.74, 6) is 0.0258. The lowest BCUT2D eigenvalue weighted by molar-refractivity contribution is -0.139. The van der Waals surface area contributed by atoms with Gasteiger partial charge in [-0.05, 0) is 36.8 Å². The molecule has 7 heteroatoms. The van der Waals surface area contributed by atoms with Gasteiger partial charge in [0.15, 0.2) is 18.1 Å². The van der Waals surface area contributed by atoms with Crippen molar-refractivity contribution in [2.24, 2.45) is 0 Å². The van der Waals surface area contributed by atoms with E-state index in [1.54, 1.807) is 42.5 Å². The Labute approximate surface area is 157 Å². The lowest BCUT2D eigenvalue weighted by Crippen LogP contribution is -2.13. The number of anilines is 1. The minimum Gasteiger partial charge on any atom is -0.493 e. The van der Waals surface area contributed by atoms with Crippen molar-refractivity contribution in [3.63, 3.8) is 0 Å². The van der Waals surface area contributed by atoms with Gasteiger partial charge in [-0.2, -0.15) is 0 Å². The van der Waals surface area contributed by atoms with Crippen LogP contribution < -0.4 is 19.5 Å². The number of nitrogens with one attached hydrogen (secondary N) is 1. The second kappa shape index (κ2) is 10.1. The van der Waals surface area contributed by atoms with Crippen LogP contribution in [0, 0.1) is 0 Å². The molecule has 2 aromatic rings. The maximum absolute atomic E-state index is 12.5. The Morgan fingerprint density at radius 2 is 1.89 bits per heavy atom. The van der Waals surface area contributed by atoms with Gasteiger partial charge in [0.25, 0.3) is 5.91 Å². The van der Waals surface area contributed by atoms with E-state index >= 15 is 0 Å². The van der Waals surface area contributed by atoms with Crippen LogP contribution in [0.1, 0.15) is 30.1 Å². The highest BCUT2D eigenvalue weighted by Crippen LogP contribution is 2.29. The fourth-order valence-electron chi connectivity index (χ4n) is 2.27. The van der Waals surface area contributed by atoms with Gasteiger partial charge in [0.2, 0.25) is 0 Å². The van der Waals surface area contributed by atoms with E-state index in [0.29, 0.717) is 35.1 Å². The van der Waals surface area contributed by atoms with E-state index in [0.717, 1.165) is 12.8 Å². The Bertz CT molecular complexity index is 790. The zero-order chi connectivity index (χ0) is 19.6. The lowest BCUT2D eigenvalue weighted by atomic mass is 10.1. The van der Waals surface area contributed by atoms with Crippen LogP contribution in [0.15, 0.2) is 42.5 Å². The van der Waals surface area contributed by atoms with Gasteiger partial charge in [0.05, 0.1) is 13.7 Å². The number of unbranched alkanes of at least 4 members (excludes halogenated alkanes) is 1. The quantitative estimate of drug-likeness (QED) is 0.618. The Kier molecular flexibility index (Phi) is 7.49. The molecule has 0 aliphatic heterocycles. The standard InChI is InChI=1S/C20H23NO6/c1-3-4-10-26-17-9-8-14(11-18(17)25-2)20(24)21-15-6-5-7-16(12-15)27-13-19(22)23/h5-9,11-12H,3-4,10,13H2,1-2H3,(H,21,24)(H,22,23). The van der Waals surface area contributed by atoms with Crippen molar-refractivity contribution in [1.29, 1.82) is 0 Å². The largest absolute Gasteiger partial charge is 0.493 e. The second-order valence-corrected chi connectivity index (χ2v) is 5.73. The normalized spacial score (nSPS) is 10.1. The maximum Gasteiger partial charge on any atom is 0.341 e. The summed E-state index contributed by atoms with van der Waals surface area (Å²) in [7, 11) is 1.52. The van der Waals surface area contributed by atoms with Crippen molar-refractivity contribution in [1.82, 2.24) is 0 Å². The number of hydrogen-bond acceptors (Lipinski definition) is 5. The van der Waals surface area contributed by atoms with Crippen molar-refractivity contribution in [2.45, 2.75) is 19.8 Å². The third-order valence-corrected chi connectivity index (χ3v) is 3.64. The molecule has 0 aliphatic carbocycles. The van der Waals surface area contributed by atoms with Crippen molar-refractivity contribution in [3.05, 3.63) is 48.0 Å². The van der Waals surface area contributed by atoms with Crippen LogP contribution in [-0.2, 0) is 4.79 Å². The van der Waals surface area contributed by atoms with Crippen LogP contribution in [0.3, 0.4) is 0 Å². The molecule has 1 amide bonds. The number of carbonyl (C=O) groups is 2. The molecular weight excluding hydrogens is 350 g/mol. The molecule has 2 N–H and O–H groups in total. The van der Waals surface area contributed by atoms with Crippen molar-refractivity contribution in [3.8, 4) is 17.2 Å². The Balaban J connectivity index is 2.07. The van der Waals surface area contributed by atoms with Crippen LogP contribution in [0.25, 0.3) is 0 Å². The van der Waals surface area contributed by atoms with Crippen molar-refractivity contribution < 1.29 is 28.9 Å². The molecule has 0 bridgehead atoms. The minimum atomic E-state index is -1.07.